The predicted molar refractivity (Wildman–Crippen MR) is 122 cm³/mol. The Hall–Kier alpha value is -2.70. The molecule has 0 N–H and O–H groups in total. The number of carbonyl (C=O) groups is 2. The van der Waals surface area contributed by atoms with Crippen LogP contribution >= 0.6 is 22.7 Å². The molecule has 0 unspecified atom stereocenters. The summed E-state index contributed by atoms with van der Waals surface area (Å²) in [5.41, 5.74) is 1.18. The van der Waals surface area contributed by atoms with Crippen LogP contribution in [0.2, 0.25) is 0 Å². The lowest BCUT2D eigenvalue weighted by molar-refractivity contribution is 0.0990. The Labute approximate surface area is 181 Å². The topological polar surface area (TPSA) is 59.9 Å². The minimum absolute atomic E-state index is 0.203. The lowest BCUT2D eigenvalue weighted by Crippen LogP contribution is -2.03. The number of fused-ring (bicyclic) bond motifs is 3. The minimum atomic E-state index is -0.213. The fourth-order valence-corrected chi connectivity index (χ4v) is 6.69. The number of hydrogen-bond acceptors (Lipinski definition) is 6. The van der Waals surface area contributed by atoms with E-state index in [1.54, 1.807) is 17.4 Å². The van der Waals surface area contributed by atoms with Crippen molar-refractivity contribution < 1.29 is 9.59 Å². The largest absolute Gasteiger partial charge is 0.288 e. The molecule has 0 saturated heterocycles. The zero-order valence-corrected chi connectivity index (χ0v) is 17.8. The van der Waals surface area contributed by atoms with E-state index in [1.165, 1.54) is 48.4 Å². The smallest absolute Gasteiger partial charge is 0.197 e. The van der Waals surface area contributed by atoms with E-state index in [4.69, 9.17) is 4.98 Å². The van der Waals surface area contributed by atoms with Crippen LogP contribution in [0.25, 0.3) is 26.5 Å². The summed E-state index contributed by atoms with van der Waals surface area (Å²) < 4.78 is 0. The van der Waals surface area contributed by atoms with Gasteiger partial charge in [-0.1, -0.05) is 66.2 Å². The highest BCUT2D eigenvalue weighted by molar-refractivity contribution is 7.26. The van der Waals surface area contributed by atoms with Gasteiger partial charge in [0, 0.05) is 17.0 Å². The zero-order chi connectivity index (χ0) is 20.2. The van der Waals surface area contributed by atoms with Gasteiger partial charge < -0.3 is 0 Å². The molecule has 0 radical (unpaired) electrons. The first-order chi connectivity index (χ1) is 14.7. The van der Waals surface area contributed by atoms with Gasteiger partial charge in [-0.2, -0.15) is 0 Å². The fraction of sp³-hybridized carbons (Fsp3) is 0.250. The van der Waals surface area contributed by atoms with Crippen LogP contribution in [0.5, 0.6) is 0 Å². The maximum absolute atomic E-state index is 12.9. The van der Waals surface area contributed by atoms with Crippen molar-refractivity contribution in [3.63, 3.8) is 0 Å². The molecule has 2 heterocycles. The molecule has 148 valence electrons. The first-order valence-electron chi connectivity index (χ1n) is 10.3. The Morgan fingerprint density at radius 1 is 0.833 bits per heavy atom. The monoisotopic (exact) mass is 430 g/mol. The SMILES string of the molecule is O=C1C(=Cc2nc3sc(C4CCCCC4)nc3s2)C(=O)c2cc3ccccc3cc21. The molecule has 0 spiro atoms. The summed E-state index contributed by atoms with van der Waals surface area (Å²) in [5.74, 6) is 0.138. The third kappa shape index (κ3) is 2.86. The third-order valence-corrected chi connectivity index (χ3v) is 8.23. The third-order valence-electron chi connectivity index (χ3n) is 6.10. The Morgan fingerprint density at radius 2 is 1.47 bits per heavy atom. The van der Waals surface area contributed by atoms with Crippen molar-refractivity contribution >= 4 is 60.7 Å². The molecule has 2 aromatic carbocycles. The molecule has 6 heteroatoms. The van der Waals surface area contributed by atoms with Crippen LogP contribution < -0.4 is 0 Å². The number of ketones is 2. The number of carbonyl (C=O) groups excluding carboxylic acids is 2. The summed E-state index contributed by atoms with van der Waals surface area (Å²) >= 11 is 3.12. The highest BCUT2D eigenvalue weighted by atomic mass is 32.1. The number of hydrogen-bond donors (Lipinski definition) is 0. The average molecular weight is 431 g/mol. The van der Waals surface area contributed by atoms with Gasteiger partial charge in [0.1, 0.15) is 5.01 Å². The highest BCUT2D eigenvalue weighted by Crippen LogP contribution is 2.39. The molecular weight excluding hydrogens is 412 g/mol. The van der Waals surface area contributed by atoms with Gasteiger partial charge in [0.05, 0.1) is 10.6 Å². The maximum atomic E-state index is 12.9. The second-order valence-electron chi connectivity index (χ2n) is 8.01. The van der Waals surface area contributed by atoms with Gasteiger partial charge >= 0.3 is 0 Å². The van der Waals surface area contributed by atoms with Crippen LogP contribution in [0.1, 0.15) is 68.8 Å². The standard InChI is InChI=1S/C24H18N2O2S2/c27-20-16-10-14-8-4-5-9-15(14)11-17(16)21(28)18(20)12-19-25-23-24(29-19)26-22(30-23)13-6-2-1-3-7-13/h4-5,8-13H,1-3,6-7H2. The number of benzene rings is 2. The molecule has 1 saturated carbocycles. The van der Waals surface area contributed by atoms with Crippen molar-refractivity contribution in [3.05, 3.63) is 63.1 Å². The van der Waals surface area contributed by atoms with Gasteiger partial charge in [-0.25, -0.2) is 9.97 Å². The Bertz CT molecular complexity index is 1280. The molecule has 30 heavy (non-hydrogen) atoms. The van der Waals surface area contributed by atoms with E-state index in [1.807, 2.05) is 36.4 Å². The molecule has 4 nitrogen and oxygen atoms in total. The zero-order valence-electron chi connectivity index (χ0n) is 16.2. The van der Waals surface area contributed by atoms with Crippen molar-refractivity contribution in [1.82, 2.24) is 9.97 Å². The van der Waals surface area contributed by atoms with E-state index in [0.29, 0.717) is 22.1 Å². The van der Waals surface area contributed by atoms with E-state index >= 15 is 0 Å². The first kappa shape index (κ1) is 18.1. The normalized spacial score (nSPS) is 17.3. The van der Waals surface area contributed by atoms with Crippen molar-refractivity contribution in [2.45, 2.75) is 38.0 Å². The van der Waals surface area contributed by atoms with Gasteiger partial charge in [0.15, 0.2) is 21.2 Å². The molecule has 2 aliphatic carbocycles. The summed E-state index contributed by atoms with van der Waals surface area (Å²) in [6.45, 7) is 0. The van der Waals surface area contributed by atoms with Crippen LogP contribution in [-0.2, 0) is 0 Å². The number of allylic oxidation sites excluding steroid dienone is 1. The first-order valence-corrected chi connectivity index (χ1v) is 11.9. The number of thiazole rings is 2. The summed E-state index contributed by atoms with van der Waals surface area (Å²) in [5, 5.41) is 3.79. The number of rotatable bonds is 2. The molecule has 1 fully saturated rings. The maximum Gasteiger partial charge on any atom is 0.197 e. The molecule has 0 atom stereocenters. The summed E-state index contributed by atoms with van der Waals surface area (Å²) in [6, 6.07) is 11.4. The second-order valence-corrected chi connectivity index (χ2v) is 10.0. The van der Waals surface area contributed by atoms with Crippen LogP contribution in [-0.4, -0.2) is 21.5 Å². The molecule has 4 aromatic rings. The van der Waals surface area contributed by atoms with Crippen molar-refractivity contribution in [2.24, 2.45) is 0 Å². The summed E-state index contributed by atoms with van der Waals surface area (Å²) in [7, 11) is 0. The van der Waals surface area contributed by atoms with Crippen molar-refractivity contribution in [1.29, 1.82) is 0 Å². The molecule has 0 amide bonds. The van der Waals surface area contributed by atoms with Gasteiger partial charge in [0.2, 0.25) is 0 Å². The highest BCUT2D eigenvalue weighted by Gasteiger charge is 2.33. The second kappa shape index (κ2) is 6.93. The Morgan fingerprint density at radius 3 is 2.10 bits per heavy atom. The molecule has 2 aromatic heterocycles. The van der Waals surface area contributed by atoms with Gasteiger partial charge in [-0.15, -0.1) is 0 Å². The lowest BCUT2D eigenvalue weighted by Gasteiger charge is -2.18. The van der Waals surface area contributed by atoms with Gasteiger partial charge in [-0.3, -0.25) is 9.59 Å². The lowest BCUT2D eigenvalue weighted by atomic mass is 9.90. The minimum Gasteiger partial charge on any atom is -0.288 e. The van der Waals surface area contributed by atoms with Gasteiger partial charge in [-0.05, 0) is 41.8 Å². The van der Waals surface area contributed by atoms with E-state index in [-0.39, 0.29) is 17.1 Å². The molecule has 2 aliphatic rings. The van der Waals surface area contributed by atoms with E-state index in [0.717, 1.165) is 20.4 Å². The van der Waals surface area contributed by atoms with Crippen molar-refractivity contribution in [3.8, 4) is 0 Å². The van der Waals surface area contributed by atoms with Crippen molar-refractivity contribution in [2.75, 3.05) is 0 Å². The summed E-state index contributed by atoms with van der Waals surface area (Å²) in [6.07, 6.45) is 7.96. The summed E-state index contributed by atoms with van der Waals surface area (Å²) in [4.78, 5) is 37.2. The van der Waals surface area contributed by atoms with Crippen LogP contribution in [0, 0.1) is 0 Å². The van der Waals surface area contributed by atoms with Crippen LogP contribution in [0.3, 0.4) is 0 Å². The Balaban J connectivity index is 1.35. The number of nitrogens with zero attached hydrogens (tertiary/aromatic N) is 2. The van der Waals surface area contributed by atoms with Gasteiger partial charge in [0.25, 0.3) is 0 Å². The molecular formula is C24H18N2O2S2. The number of Topliss-reactive ketones (excluding diaryl/α,β-unsaturated/α-hetero) is 2. The fourth-order valence-electron chi connectivity index (χ4n) is 4.52. The Kier molecular flexibility index (Phi) is 4.18. The number of aromatic nitrogens is 2. The predicted octanol–water partition coefficient (Wildman–Crippen LogP) is 6.42. The molecule has 6 rings (SSSR count). The molecule has 0 aliphatic heterocycles. The van der Waals surface area contributed by atoms with E-state index < -0.39 is 0 Å². The average Bonchev–Trinajstić information content (AvgIpc) is 3.41. The van der Waals surface area contributed by atoms with Crippen LogP contribution in [0.4, 0.5) is 0 Å². The van der Waals surface area contributed by atoms with E-state index in [2.05, 4.69) is 4.98 Å². The van der Waals surface area contributed by atoms with E-state index in [9.17, 15) is 9.59 Å². The molecule has 0 bridgehead atoms. The quantitative estimate of drug-likeness (QED) is 0.272. The van der Waals surface area contributed by atoms with Crippen LogP contribution in [0.15, 0.2) is 42.0 Å².